The maximum atomic E-state index is 12.8. The van der Waals surface area contributed by atoms with Gasteiger partial charge in [0.1, 0.15) is 23.7 Å². The SMILES string of the molecule is C/C1=C/C=C\CC[C@@H](C)[C@@H](Cc2cnco2)OC(=O)/C(C)=C\C=C/CC[C@@H](C)[C@@H](Cc2cnco2)OC1=O. The minimum absolute atomic E-state index is 0.0796. The Hall–Kier alpha value is -3.68. The van der Waals surface area contributed by atoms with E-state index in [0.29, 0.717) is 35.5 Å². The number of nitrogens with zero attached hydrogens (tertiary/aromatic N) is 2. The maximum absolute atomic E-state index is 12.8. The van der Waals surface area contributed by atoms with Gasteiger partial charge in [-0.1, -0.05) is 50.3 Å². The number of allylic oxidation sites excluding steroid dienone is 6. The van der Waals surface area contributed by atoms with E-state index < -0.39 is 0 Å². The fourth-order valence-electron chi connectivity index (χ4n) is 4.10. The monoisotopic (exact) mass is 522 g/mol. The molecule has 2 aromatic heterocycles. The third-order valence-corrected chi connectivity index (χ3v) is 6.74. The highest BCUT2D eigenvalue weighted by atomic mass is 16.5. The van der Waals surface area contributed by atoms with Gasteiger partial charge in [-0.15, -0.1) is 0 Å². The Labute approximate surface area is 224 Å². The van der Waals surface area contributed by atoms with Gasteiger partial charge in [-0.25, -0.2) is 19.6 Å². The zero-order valence-electron chi connectivity index (χ0n) is 22.7. The van der Waals surface area contributed by atoms with Crippen LogP contribution in [0.25, 0.3) is 0 Å². The molecule has 3 rings (SSSR count). The predicted octanol–water partition coefficient (Wildman–Crippen LogP) is 6.12. The summed E-state index contributed by atoms with van der Waals surface area (Å²) in [5.74, 6) is 0.818. The highest BCUT2D eigenvalue weighted by Gasteiger charge is 2.25. The second-order valence-electron chi connectivity index (χ2n) is 9.90. The first kappa shape index (κ1) is 28.9. The number of hydrogen-bond donors (Lipinski definition) is 0. The fourth-order valence-corrected chi connectivity index (χ4v) is 4.10. The molecule has 38 heavy (non-hydrogen) atoms. The number of esters is 2. The molecule has 0 aromatic carbocycles. The smallest absolute Gasteiger partial charge is 0.334 e. The quantitative estimate of drug-likeness (QED) is 0.442. The molecule has 0 radical (unpaired) electrons. The van der Waals surface area contributed by atoms with Crippen molar-refractivity contribution >= 4 is 11.9 Å². The summed E-state index contributed by atoms with van der Waals surface area (Å²) in [6.45, 7) is 7.62. The van der Waals surface area contributed by atoms with Crippen molar-refractivity contribution in [1.82, 2.24) is 9.97 Å². The van der Waals surface area contributed by atoms with Crippen LogP contribution in [0.4, 0.5) is 0 Å². The molecule has 2 aromatic rings. The number of hydrogen-bond acceptors (Lipinski definition) is 8. The number of cyclic esters (lactones) is 2. The molecule has 0 aliphatic carbocycles. The Balaban J connectivity index is 1.77. The fraction of sp³-hybridized carbons (Fsp3) is 0.467. The summed E-state index contributed by atoms with van der Waals surface area (Å²) < 4.78 is 22.6. The Morgan fingerprint density at radius 2 is 1.16 bits per heavy atom. The van der Waals surface area contributed by atoms with Crippen LogP contribution in [0.15, 0.2) is 81.6 Å². The lowest BCUT2D eigenvalue weighted by Crippen LogP contribution is -2.28. The van der Waals surface area contributed by atoms with Crippen LogP contribution in [-0.4, -0.2) is 34.1 Å². The molecular formula is C30H38N2O6. The van der Waals surface area contributed by atoms with Crippen molar-refractivity contribution in [3.63, 3.8) is 0 Å². The van der Waals surface area contributed by atoms with E-state index in [2.05, 4.69) is 23.8 Å². The van der Waals surface area contributed by atoms with Crippen molar-refractivity contribution in [3.05, 3.63) is 84.3 Å². The number of carbonyl (C=O) groups is 2. The second-order valence-corrected chi connectivity index (χ2v) is 9.90. The topological polar surface area (TPSA) is 105 Å². The molecule has 1 aliphatic rings. The lowest BCUT2D eigenvalue weighted by molar-refractivity contribution is -0.147. The van der Waals surface area contributed by atoms with Gasteiger partial charge in [0.05, 0.1) is 12.4 Å². The molecule has 8 heteroatoms. The molecule has 0 fully saturated rings. The third-order valence-electron chi connectivity index (χ3n) is 6.74. The van der Waals surface area contributed by atoms with Gasteiger partial charge in [0.15, 0.2) is 12.8 Å². The molecule has 0 bridgehead atoms. The van der Waals surface area contributed by atoms with Crippen LogP contribution in [0, 0.1) is 11.8 Å². The Morgan fingerprint density at radius 3 is 1.53 bits per heavy atom. The van der Waals surface area contributed by atoms with Crippen LogP contribution in [0.2, 0.25) is 0 Å². The van der Waals surface area contributed by atoms with Crippen molar-refractivity contribution < 1.29 is 27.9 Å². The highest BCUT2D eigenvalue weighted by Crippen LogP contribution is 2.22. The summed E-state index contributed by atoms with van der Waals surface area (Å²) in [6.07, 6.45) is 20.6. The van der Waals surface area contributed by atoms with E-state index >= 15 is 0 Å². The first-order chi connectivity index (χ1) is 18.3. The van der Waals surface area contributed by atoms with E-state index in [0.717, 1.165) is 25.7 Å². The molecule has 1 aliphatic heterocycles. The van der Waals surface area contributed by atoms with E-state index in [-0.39, 0.29) is 36.0 Å². The van der Waals surface area contributed by atoms with Crippen molar-refractivity contribution in [3.8, 4) is 0 Å². The van der Waals surface area contributed by atoms with Crippen LogP contribution in [0.1, 0.15) is 64.9 Å². The summed E-state index contributed by atoms with van der Waals surface area (Å²) in [5.41, 5.74) is 1.05. The minimum atomic E-state index is -0.351. The highest BCUT2D eigenvalue weighted by molar-refractivity contribution is 5.88. The van der Waals surface area contributed by atoms with Crippen molar-refractivity contribution in [2.24, 2.45) is 11.8 Å². The molecular weight excluding hydrogens is 484 g/mol. The first-order valence-electron chi connectivity index (χ1n) is 13.2. The largest absolute Gasteiger partial charge is 0.458 e. The van der Waals surface area contributed by atoms with Gasteiger partial charge in [0.2, 0.25) is 0 Å². The molecule has 0 saturated heterocycles. The van der Waals surface area contributed by atoms with Gasteiger partial charge in [-0.2, -0.15) is 0 Å². The number of aromatic nitrogens is 2. The summed E-state index contributed by atoms with van der Waals surface area (Å²) in [4.78, 5) is 33.6. The van der Waals surface area contributed by atoms with E-state index in [1.165, 1.54) is 12.8 Å². The summed E-state index contributed by atoms with van der Waals surface area (Å²) >= 11 is 0. The molecule has 3 heterocycles. The van der Waals surface area contributed by atoms with Crippen LogP contribution in [0.3, 0.4) is 0 Å². The lowest BCUT2D eigenvalue weighted by Gasteiger charge is -2.23. The van der Waals surface area contributed by atoms with Crippen LogP contribution >= 0.6 is 0 Å². The molecule has 4 atom stereocenters. The van der Waals surface area contributed by atoms with Crippen molar-refractivity contribution in [2.75, 3.05) is 0 Å². The van der Waals surface area contributed by atoms with Crippen LogP contribution in [0.5, 0.6) is 0 Å². The van der Waals surface area contributed by atoms with Crippen molar-refractivity contribution in [2.45, 2.75) is 78.4 Å². The second kappa shape index (κ2) is 14.9. The zero-order chi connectivity index (χ0) is 27.3. The van der Waals surface area contributed by atoms with E-state index in [9.17, 15) is 9.59 Å². The maximum Gasteiger partial charge on any atom is 0.334 e. The number of rotatable bonds is 4. The van der Waals surface area contributed by atoms with Gasteiger partial charge in [0.25, 0.3) is 0 Å². The van der Waals surface area contributed by atoms with Gasteiger partial charge in [-0.3, -0.25) is 0 Å². The minimum Gasteiger partial charge on any atom is -0.458 e. The summed E-state index contributed by atoms with van der Waals surface area (Å²) in [6, 6.07) is 0. The van der Waals surface area contributed by atoms with E-state index in [4.69, 9.17) is 18.3 Å². The van der Waals surface area contributed by atoms with Crippen LogP contribution < -0.4 is 0 Å². The van der Waals surface area contributed by atoms with Crippen LogP contribution in [-0.2, 0) is 31.9 Å². The number of oxazole rings is 2. The average molecular weight is 523 g/mol. The molecule has 0 unspecified atom stereocenters. The summed E-state index contributed by atoms with van der Waals surface area (Å²) in [5, 5.41) is 0. The van der Waals surface area contributed by atoms with Crippen molar-refractivity contribution in [1.29, 1.82) is 0 Å². The first-order valence-corrected chi connectivity index (χ1v) is 13.2. The normalized spacial score (nSPS) is 29.2. The number of ether oxygens (including phenoxy) is 2. The third kappa shape index (κ3) is 9.32. The van der Waals surface area contributed by atoms with Gasteiger partial charge >= 0.3 is 11.9 Å². The predicted molar refractivity (Wildman–Crippen MR) is 143 cm³/mol. The molecule has 204 valence electrons. The van der Waals surface area contributed by atoms with Gasteiger partial charge < -0.3 is 18.3 Å². The molecule has 0 spiro atoms. The van der Waals surface area contributed by atoms with Gasteiger partial charge in [-0.05, 0) is 51.4 Å². The zero-order valence-corrected chi connectivity index (χ0v) is 22.7. The molecule has 0 saturated carbocycles. The van der Waals surface area contributed by atoms with Gasteiger partial charge in [0, 0.05) is 24.0 Å². The lowest BCUT2D eigenvalue weighted by atomic mass is 9.95. The van der Waals surface area contributed by atoms with E-state index in [1.54, 1.807) is 38.4 Å². The Morgan fingerprint density at radius 1 is 0.737 bits per heavy atom. The van der Waals surface area contributed by atoms with E-state index in [1.807, 2.05) is 24.3 Å². The molecule has 8 nitrogen and oxygen atoms in total. The average Bonchev–Trinajstić information content (AvgIpc) is 3.61. The number of carbonyl (C=O) groups excluding carboxylic acids is 2. The molecule has 0 N–H and O–H groups in total. The molecule has 0 amide bonds. The Kier molecular flexibility index (Phi) is 11.3. The Bertz CT molecular complexity index is 1040. The standard InChI is InChI=1S/C30H38N2O6/c1-21-11-7-5-9-13-24(4)30(34)38-28(16-26-18-32-20-36-26)22(2)12-8-6-10-14-23(3)29(33)37-27(21)15-25-17-31-19-35-25/h5-6,9-10,13-14,17-22,27-28H,7-8,11-12,15-16H2,1-4H3/b9-5-,10-6-,23-14-,24-13-/t21-,22-,27-,28-/m1/s1. The summed E-state index contributed by atoms with van der Waals surface area (Å²) in [7, 11) is 0.